The summed E-state index contributed by atoms with van der Waals surface area (Å²) in [5, 5.41) is 6.52. The van der Waals surface area contributed by atoms with E-state index in [1.165, 1.54) is 11.8 Å². The van der Waals surface area contributed by atoms with E-state index in [-0.39, 0.29) is 23.5 Å². The number of esters is 1. The first-order valence-corrected chi connectivity index (χ1v) is 11.7. The maximum Gasteiger partial charge on any atom is 0.311 e. The SMILES string of the molecule is CCOC(=O)CC1=CC(SC(CC)C(=O)Nc2cc(C)ccc2OC)=Nc2ccccc2N1. The zero-order chi connectivity index (χ0) is 23.8. The van der Waals surface area contributed by atoms with Crippen molar-refractivity contribution >= 4 is 45.7 Å². The van der Waals surface area contributed by atoms with Crippen molar-refractivity contribution in [3.05, 3.63) is 59.8 Å². The van der Waals surface area contributed by atoms with E-state index in [1.807, 2.05) is 62.4 Å². The number of methoxy groups -OCH3 is 1. The van der Waals surface area contributed by atoms with Gasteiger partial charge in [-0.25, -0.2) is 4.99 Å². The lowest BCUT2D eigenvalue weighted by atomic mass is 10.2. The molecule has 2 aromatic rings. The number of nitrogens with zero attached hydrogens (tertiary/aromatic N) is 1. The second-order valence-electron chi connectivity index (χ2n) is 7.45. The Hall–Kier alpha value is -3.26. The van der Waals surface area contributed by atoms with Crippen LogP contribution in [-0.2, 0) is 14.3 Å². The molecule has 1 unspecified atom stereocenters. The molecule has 8 heteroatoms. The number of para-hydroxylation sites is 2. The number of carbonyl (C=O) groups is 2. The highest BCUT2D eigenvalue weighted by Crippen LogP contribution is 2.33. The van der Waals surface area contributed by atoms with Crippen LogP contribution in [0.2, 0.25) is 0 Å². The number of carbonyl (C=O) groups excluding carboxylic acids is 2. The number of aliphatic imine (C=N–C) groups is 1. The third-order valence-corrected chi connectivity index (χ3v) is 6.19. The van der Waals surface area contributed by atoms with Gasteiger partial charge in [-0.05, 0) is 56.2 Å². The number of hydrogen-bond acceptors (Lipinski definition) is 7. The van der Waals surface area contributed by atoms with Gasteiger partial charge < -0.3 is 20.1 Å². The molecule has 1 atom stereocenters. The summed E-state index contributed by atoms with van der Waals surface area (Å²) in [5.41, 5.74) is 3.86. The molecule has 2 aromatic carbocycles. The lowest BCUT2D eigenvalue weighted by molar-refractivity contribution is -0.142. The number of ether oxygens (including phenoxy) is 2. The van der Waals surface area contributed by atoms with Gasteiger partial charge in [0, 0.05) is 5.70 Å². The van der Waals surface area contributed by atoms with Gasteiger partial charge in [0.25, 0.3) is 0 Å². The topological polar surface area (TPSA) is 89.0 Å². The van der Waals surface area contributed by atoms with Crippen LogP contribution in [0, 0.1) is 6.92 Å². The minimum atomic E-state index is -0.390. The van der Waals surface area contributed by atoms with Gasteiger partial charge in [-0.1, -0.05) is 36.9 Å². The van der Waals surface area contributed by atoms with Crippen LogP contribution < -0.4 is 15.4 Å². The fraction of sp³-hybridized carbons (Fsp3) is 0.320. The zero-order valence-electron chi connectivity index (χ0n) is 19.3. The standard InChI is InChI=1S/C25H29N3O4S/c1-5-22(25(30)28-20-13-16(3)11-12-21(20)31-4)33-23-14-17(15-24(29)32-6-2)26-18-9-7-8-10-19(18)27-23/h7-14,22,26H,5-6,15H2,1-4H3,(H,28,30). The molecule has 1 aliphatic heterocycles. The van der Waals surface area contributed by atoms with Gasteiger partial charge in [-0.2, -0.15) is 0 Å². The normalized spacial score (nSPS) is 13.5. The van der Waals surface area contributed by atoms with E-state index in [0.29, 0.717) is 35.2 Å². The highest BCUT2D eigenvalue weighted by Gasteiger charge is 2.23. The van der Waals surface area contributed by atoms with Crippen molar-refractivity contribution in [1.82, 2.24) is 0 Å². The van der Waals surface area contributed by atoms with E-state index >= 15 is 0 Å². The molecule has 33 heavy (non-hydrogen) atoms. The van der Waals surface area contributed by atoms with Crippen LogP contribution in [0.3, 0.4) is 0 Å². The molecule has 0 aliphatic carbocycles. The molecule has 174 valence electrons. The van der Waals surface area contributed by atoms with Crippen LogP contribution in [0.4, 0.5) is 17.1 Å². The third-order valence-electron chi connectivity index (χ3n) is 4.91. The summed E-state index contributed by atoms with van der Waals surface area (Å²) < 4.78 is 10.5. The van der Waals surface area contributed by atoms with E-state index in [9.17, 15) is 9.59 Å². The Bertz CT molecular complexity index is 1080. The highest BCUT2D eigenvalue weighted by atomic mass is 32.2. The number of amides is 1. The molecule has 1 amide bonds. The van der Waals surface area contributed by atoms with Gasteiger partial charge in [-0.15, -0.1) is 0 Å². The first-order valence-electron chi connectivity index (χ1n) is 10.9. The smallest absolute Gasteiger partial charge is 0.311 e. The van der Waals surface area contributed by atoms with Crippen LogP contribution in [0.5, 0.6) is 5.75 Å². The molecule has 0 fully saturated rings. The Balaban J connectivity index is 1.84. The van der Waals surface area contributed by atoms with E-state index in [2.05, 4.69) is 10.6 Å². The molecule has 3 rings (SSSR count). The van der Waals surface area contributed by atoms with Crippen molar-refractivity contribution in [2.24, 2.45) is 4.99 Å². The first kappa shape index (κ1) is 24.4. The van der Waals surface area contributed by atoms with Crippen molar-refractivity contribution < 1.29 is 19.1 Å². The fourth-order valence-electron chi connectivity index (χ4n) is 3.31. The maximum absolute atomic E-state index is 13.1. The zero-order valence-corrected chi connectivity index (χ0v) is 20.1. The molecule has 2 N–H and O–H groups in total. The average Bonchev–Trinajstić information content (AvgIpc) is 2.95. The Labute approximate surface area is 198 Å². The summed E-state index contributed by atoms with van der Waals surface area (Å²) in [6, 6.07) is 13.2. The molecule has 7 nitrogen and oxygen atoms in total. The Morgan fingerprint density at radius 1 is 1.18 bits per heavy atom. The van der Waals surface area contributed by atoms with Crippen LogP contribution in [0.25, 0.3) is 0 Å². The minimum absolute atomic E-state index is 0.0885. The summed E-state index contributed by atoms with van der Waals surface area (Å²) in [5.74, 6) is 0.145. The van der Waals surface area contributed by atoms with Crippen molar-refractivity contribution in [3.8, 4) is 5.75 Å². The van der Waals surface area contributed by atoms with Crippen molar-refractivity contribution in [3.63, 3.8) is 0 Å². The van der Waals surface area contributed by atoms with Gasteiger partial charge in [0.05, 0.1) is 47.5 Å². The molecule has 0 spiro atoms. The molecule has 0 aromatic heterocycles. The molecule has 0 saturated carbocycles. The van der Waals surface area contributed by atoms with Crippen molar-refractivity contribution in [2.75, 3.05) is 24.4 Å². The summed E-state index contributed by atoms with van der Waals surface area (Å²) >= 11 is 1.36. The number of benzene rings is 2. The summed E-state index contributed by atoms with van der Waals surface area (Å²) in [4.78, 5) is 30.0. The lowest BCUT2D eigenvalue weighted by Crippen LogP contribution is -2.26. The number of anilines is 2. The Morgan fingerprint density at radius 2 is 1.97 bits per heavy atom. The highest BCUT2D eigenvalue weighted by molar-refractivity contribution is 8.15. The molecule has 0 bridgehead atoms. The molecule has 1 heterocycles. The quantitative estimate of drug-likeness (QED) is 0.502. The van der Waals surface area contributed by atoms with Crippen LogP contribution in [-0.4, -0.2) is 35.9 Å². The predicted molar refractivity (Wildman–Crippen MR) is 135 cm³/mol. The number of hydrogen-bond donors (Lipinski definition) is 2. The first-order chi connectivity index (χ1) is 15.9. The average molecular weight is 468 g/mol. The van der Waals surface area contributed by atoms with Gasteiger partial charge in [0.1, 0.15) is 5.75 Å². The van der Waals surface area contributed by atoms with Gasteiger partial charge in [0.15, 0.2) is 0 Å². The summed E-state index contributed by atoms with van der Waals surface area (Å²) in [6.45, 7) is 6.01. The van der Waals surface area contributed by atoms with E-state index in [0.717, 1.165) is 16.9 Å². The van der Waals surface area contributed by atoms with Gasteiger partial charge in [-0.3, -0.25) is 9.59 Å². The van der Waals surface area contributed by atoms with Crippen molar-refractivity contribution in [1.29, 1.82) is 0 Å². The molecular formula is C25H29N3O4S. The van der Waals surface area contributed by atoms with E-state index in [1.54, 1.807) is 14.0 Å². The summed E-state index contributed by atoms with van der Waals surface area (Å²) in [6.07, 6.45) is 2.50. The molecular weight excluding hydrogens is 438 g/mol. The van der Waals surface area contributed by atoms with Gasteiger partial charge >= 0.3 is 5.97 Å². The summed E-state index contributed by atoms with van der Waals surface area (Å²) in [7, 11) is 1.58. The molecule has 1 aliphatic rings. The molecule has 0 radical (unpaired) electrons. The number of fused-ring (bicyclic) bond motifs is 1. The third kappa shape index (κ3) is 6.61. The van der Waals surface area contributed by atoms with E-state index < -0.39 is 0 Å². The second-order valence-corrected chi connectivity index (χ2v) is 8.67. The minimum Gasteiger partial charge on any atom is -0.495 e. The molecule has 0 saturated heterocycles. The monoisotopic (exact) mass is 467 g/mol. The van der Waals surface area contributed by atoms with E-state index in [4.69, 9.17) is 14.5 Å². The van der Waals surface area contributed by atoms with Crippen LogP contribution >= 0.6 is 11.8 Å². The maximum atomic E-state index is 13.1. The fourth-order valence-corrected chi connectivity index (χ4v) is 4.30. The largest absolute Gasteiger partial charge is 0.495 e. The Morgan fingerprint density at radius 3 is 2.70 bits per heavy atom. The van der Waals surface area contributed by atoms with Gasteiger partial charge in [0.2, 0.25) is 5.91 Å². The number of nitrogens with one attached hydrogen (secondary N) is 2. The van der Waals surface area contributed by atoms with Crippen LogP contribution in [0.15, 0.2) is 59.2 Å². The number of rotatable bonds is 8. The Kier molecular flexibility index (Phi) is 8.54. The van der Waals surface area contributed by atoms with Crippen LogP contribution in [0.1, 0.15) is 32.3 Å². The second kappa shape index (κ2) is 11.6. The predicted octanol–water partition coefficient (Wildman–Crippen LogP) is 5.45. The number of thioether (sulfide) groups is 1. The van der Waals surface area contributed by atoms with Crippen molar-refractivity contribution in [2.45, 2.75) is 38.9 Å². The lowest BCUT2D eigenvalue weighted by Gasteiger charge is -2.17. The number of aryl methyl sites for hydroxylation is 1.